The molecule has 134 valence electrons. The zero-order valence-corrected chi connectivity index (χ0v) is 14.7. The third-order valence-electron chi connectivity index (χ3n) is 4.61. The van der Waals surface area contributed by atoms with Crippen LogP contribution in [0.3, 0.4) is 0 Å². The molecule has 1 aliphatic rings. The van der Waals surface area contributed by atoms with Crippen molar-refractivity contribution in [1.29, 1.82) is 0 Å². The topological polar surface area (TPSA) is 94.0 Å². The number of hydrogen-bond donors (Lipinski definition) is 2. The summed E-state index contributed by atoms with van der Waals surface area (Å²) in [7, 11) is 1.62. The first kappa shape index (κ1) is 17.2. The first-order valence-electron chi connectivity index (χ1n) is 8.68. The lowest BCUT2D eigenvalue weighted by Crippen LogP contribution is -2.52. The number of tetrazole rings is 1. The second-order valence-electron chi connectivity index (χ2n) is 6.21. The van der Waals surface area contributed by atoms with E-state index in [0.717, 1.165) is 37.8 Å². The summed E-state index contributed by atoms with van der Waals surface area (Å²) in [6.45, 7) is 2.46. The monoisotopic (exact) mass is 344 g/mol. The molecule has 2 aromatic rings. The molecule has 0 unspecified atom stereocenters. The summed E-state index contributed by atoms with van der Waals surface area (Å²) in [6.07, 6.45) is 4.80. The van der Waals surface area contributed by atoms with Crippen molar-refractivity contribution in [3.05, 3.63) is 30.1 Å². The maximum atomic E-state index is 12.3. The SMILES string of the molecule is CCNC(=O)NC1(c2nnnn2-c2ccccc2OC)CCCCC1. The molecule has 0 atom stereocenters. The lowest BCUT2D eigenvalue weighted by Gasteiger charge is -2.36. The van der Waals surface area contributed by atoms with Gasteiger partial charge in [-0.15, -0.1) is 5.10 Å². The van der Waals surface area contributed by atoms with Crippen molar-refractivity contribution < 1.29 is 9.53 Å². The summed E-state index contributed by atoms with van der Waals surface area (Å²) in [5, 5.41) is 18.3. The van der Waals surface area contributed by atoms with Crippen LogP contribution in [0, 0.1) is 0 Å². The summed E-state index contributed by atoms with van der Waals surface area (Å²) >= 11 is 0. The van der Waals surface area contributed by atoms with Gasteiger partial charge in [-0.25, -0.2) is 4.79 Å². The quantitative estimate of drug-likeness (QED) is 0.867. The Labute approximate surface area is 146 Å². The van der Waals surface area contributed by atoms with Crippen LogP contribution in [0.2, 0.25) is 0 Å². The maximum absolute atomic E-state index is 12.3. The summed E-state index contributed by atoms with van der Waals surface area (Å²) in [5.74, 6) is 1.32. The molecule has 3 rings (SSSR count). The van der Waals surface area contributed by atoms with Crippen LogP contribution in [0.15, 0.2) is 24.3 Å². The van der Waals surface area contributed by atoms with Crippen LogP contribution >= 0.6 is 0 Å². The summed E-state index contributed by atoms with van der Waals surface area (Å²) in [5.41, 5.74) is 0.176. The van der Waals surface area contributed by atoms with Gasteiger partial charge < -0.3 is 15.4 Å². The largest absolute Gasteiger partial charge is 0.494 e. The molecule has 8 nitrogen and oxygen atoms in total. The van der Waals surface area contributed by atoms with Gasteiger partial charge in [0.15, 0.2) is 5.82 Å². The summed E-state index contributed by atoms with van der Waals surface area (Å²) in [6, 6.07) is 7.38. The minimum Gasteiger partial charge on any atom is -0.494 e. The van der Waals surface area contributed by atoms with E-state index in [9.17, 15) is 4.79 Å². The van der Waals surface area contributed by atoms with Gasteiger partial charge in [-0.1, -0.05) is 31.4 Å². The number of aromatic nitrogens is 4. The molecule has 2 amide bonds. The lowest BCUT2D eigenvalue weighted by molar-refractivity contribution is 0.195. The van der Waals surface area contributed by atoms with Crippen LogP contribution in [0.5, 0.6) is 5.75 Å². The minimum atomic E-state index is -0.581. The number of nitrogens with one attached hydrogen (secondary N) is 2. The Kier molecular flexibility index (Phi) is 5.16. The second kappa shape index (κ2) is 7.50. The lowest BCUT2D eigenvalue weighted by atomic mass is 9.81. The fourth-order valence-electron chi connectivity index (χ4n) is 3.43. The molecule has 1 saturated carbocycles. The van der Waals surface area contributed by atoms with Gasteiger partial charge in [-0.2, -0.15) is 4.68 Å². The van der Waals surface area contributed by atoms with E-state index in [-0.39, 0.29) is 6.03 Å². The van der Waals surface area contributed by atoms with Gasteiger partial charge in [0.05, 0.1) is 7.11 Å². The third-order valence-corrected chi connectivity index (χ3v) is 4.61. The molecule has 25 heavy (non-hydrogen) atoms. The fraction of sp³-hybridized carbons (Fsp3) is 0.529. The Balaban J connectivity index is 2.03. The molecule has 1 aromatic heterocycles. The minimum absolute atomic E-state index is 0.195. The van der Waals surface area contributed by atoms with Gasteiger partial charge in [0, 0.05) is 6.54 Å². The van der Waals surface area contributed by atoms with Crippen molar-refractivity contribution in [3.63, 3.8) is 0 Å². The molecule has 1 heterocycles. The van der Waals surface area contributed by atoms with E-state index < -0.39 is 5.54 Å². The predicted octanol–water partition coefficient (Wildman–Crippen LogP) is 2.15. The molecule has 0 saturated heterocycles. The van der Waals surface area contributed by atoms with E-state index in [2.05, 4.69) is 26.2 Å². The standard InChI is InChI=1S/C17H24N6O2/c1-3-18-16(24)19-17(11-7-4-8-12-17)15-20-21-22-23(15)13-9-5-6-10-14(13)25-2/h5-6,9-10H,3-4,7-8,11-12H2,1-2H3,(H2,18,19,24). The predicted molar refractivity (Wildman–Crippen MR) is 92.7 cm³/mol. The highest BCUT2D eigenvalue weighted by Gasteiger charge is 2.40. The van der Waals surface area contributed by atoms with Gasteiger partial charge >= 0.3 is 6.03 Å². The number of carbonyl (C=O) groups excluding carboxylic acids is 1. The number of urea groups is 1. The van der Waals surface area contributed by atoms with Crippen LogP contribution < -0.4 is 15.4 Å². The number of hydrogen-bond acceptors (Lipinski definition) is 5. The summed E-state index contributed by atoms with van der Waals surface area (Å²) in [4.78, 5) is 12.3. The zero-order valence-electron chi connectivity index (χ0n) is 14.7. The number of ether oxygens (including phenoxy) is 1. The molecular weight excluding hydrogens is 320 g/mol. The van der Waals surface area contributed by atoms with Crippen LogP contribution in [0.4, 0.5) is 4.79 Å². The smallest absolute Gasteiger partial charge is 0.315 e. The normalized spacial score (nSPS) is 16.2. The van der Waals surface area contributed by atoms with Crippen molar-refractivity contribution in [2.24, 2.45) is 0 Å². The fourth-order valence-corrected chi connectivity index (χ4v) is 3.43. The van der Waals surface area contributed by atoms with E-state index in [4.69, 9.17) is 4.74 Å². The van der Waals surface area contributed by atoms with Gasteiger partial charge in [0.1, 0.15) is 17.0 Å². The molecule has 1 aromatic carbocycles. The number of para-hydroxylation sites is 2. The maximum Gasteiger partial charge on any atom is 0.315 e. The molecule has 0 radical (unpaired) electrons. The van der Waals surface area contributed by atoms with E-state index in [0.29, 0.717) is 18.1 Å². The molecule has 0 spiro atoms. The summed E-state index contributed by atoms with van der Waals surface area (Å²) < 4.78 is 7.12. The number of carbonyl (C=O) groups is 1. The number of nitrogens with zero attached hydrogens (tertiary/aromatic N) is 4. The Morgan fingerprint density at radius 2 is 2.04 bits per heavy atom. The zero-order chi connectivity index (χ0) is 17.7. The highest BCUT2D eigenvalue weighted by molar-refractivity contribution is 5.75. The van der Waals surface area contributed by atoms with Gasteiger partial charge in [-0.05, 0) is 42.3 Å². The number of methoxy groups -OCH3 is 1. The number of amides is 2. The second-order valence-corrected chi connectivity index (χ2v) is 6.21. The van der Waals surface area contributed by atoms with Crippen molar-refractivity contribution >= 4 is 6.03 Å². The molecule has 0 bridgehead atoms. The van der Waals surface area contributed by atoms with E-state index in [1.165, 1.54) is 0 Å². The van der Waals surface area contributed by atoms with E-state index in [1.807, 2.05) is 31.2 Å². The third kappa shape index (κ3) is 3.42. The first-order valence-corrected chi connectivity index (χ1v) is 8.68. The van der Waals surface area contributed by atoms with Crippen molar-refractivity contribution in [2.75, 3.05) is 13.7 Å². The van der Waals surface area contributed by atoms with Gasteiger partial charge in [-0.3, -0.25) is 0 Å². The van der Waals surface area contributed by atoms with E-state index in [1.54, 1.807) is 11.8 Å². The Morgan fingerprint density at radius 3 is 2.76 bits per heavy atom. The first-order chi connectivity index (χ1) is 12.2. The van der Waals surface area contributed by atoms with Crippen LogP contribution in [-0.4, -0.2) is 39.9 Å². The van der Waals surface area contributed by atoms with Gasteiger partial charge in [0.25, 0.3) is 0 Å². The molecule has 8 heteroatoms. The molecule has 1 aliphatic carbocycles. The number of benzene rings is 1. The van der Waals surface area contributed by atoms with Gasteiger partial charge in [0.2, 0.25) is 0 Å². The Bertz CT molecular complexity index is 723. The van der Waals surface area contributed by atoms with Crippen LogP contribution in [0.1, 0.15) is 44.9 Å². The van der Waals surface area contributed by atoms with Crippen LogP contribution in [-0.2, 0) is 5.54 Å². The highest BCUT2D eigenvalue weighted by atomic mass is 16.5. The van der Waals surface area contributed by atoms with Crippen molar-refractivity contribution in [2.45, 2.75) is 44.6 Å². The molecule has 2 N–H and O–H groups in total. The number of rotatable bonds is 5. The molecular formula is C17H24N6O2. The van der Waals surface area contributed by atoms with Crippen LogP contribution in [0.25, 0.3) is 5.69 Å². The molecule has 1 fully saturated rings. The Morgan fingerprint density at radius 1 is 1.28 bits per heavy atom. The van der Waals surface area contributed by atoms with Crippen molar-refractivity contribution in [1.82, 2.24) is 30.8 Å². The highest BCUT2D eigenvalue weighted by Crippen LogP contribution is 2.37. The average Bonchev–Trinajstić information content (AvgIpc) is 3.13. The van der Waals surface area contributed by atoms with Crippen molar-refractivity contribution in [3.8, 4) is 11.4 Å². The Hall–Kier alpha value is -2.64. The van der Waals surface area contributed by atoms with E-state index >= 15 is 0 Å². The average molecular weight is 344 g/mol. The molecule has 0 aliphatic heterocycles.